The molecule has 8 heteroatoms. The average Bonchev–Trinajstić information content (AvgIpc) is 3.02. The van der Waals surface area contributed by atoms with Crippen LogP contribution in [0.25, 0.3) is 0 Å². The standard InChI is InChI=1S/C19H25N3O5/c1-22-9-8-19(12-4-5-14(26-2)15(10-12)27-3)7-6-13(11-16(19)22)20-21-17(23)18(24)25/h4-5,10,16H,6-9,11H2,1-3H3,(H,21,23)(H,24,25)/t16-,19-/m0/s1. The molecule has 0 aromatic heterocycles. The van der Waals surface area contributed by atoms with E-state index in [1.165, 1.54) is 5.56 Å². The Kier molecular flexibility index (Phi) is 5.36. The highest BCUT2D eigenvalue weighted by Crippen LogP contribution is 2.49. The number of carbonyl (C=O) groups is 2. The van der Waals surface area contributed by atoms with Gasteiger partial charge in [-0.05, 0) is 50.6 Å². The minimum absolute atomic E-state index is 0.0237. The number of benzene rings is 1. The van der Waals surface area contributed by atoms with Gasteiger partial charge in [-0.2, -0.15) is 5.10 Å². The smallest absolute Gasteiger partial charge is 0.396 e. The molecule has 1 aliphatic carbocycles. The Morgan fingerprint density at radius 2 is 2.00 bits per heavy atom. The Morgan fingerprint density at radius 3 is 2.67 bits per heavy atom. The van der Waals surface area contributed by atoms with Crippen LogP contribution in [-0.2, 0) is 15.0 Å². The predicted molar refractivity (Wildman–Crippen MR) is 99.3 cm³/mol. The number of carbonyl (C=O) groups excluding carboxylic acids is 1. The fourth-order valence-electron chi connectivity index (χ4n) is 4.36. The molecule has 146 valence electrons. The van der Waals surface area contributed by atoms with Crippen molar-refractivity contribution < 1.29 is 24.2 Å². The molecule has 1 amide bonds. The van der Waals surface area contributed by atoms with Crippen LogP contribution in [0, 0.1) is 0 Å². The summed E-state index contributed by atoms with van der Waals surface area (Å²) in [5.41, 5.74) is 4.13. The lowest BCUT2D eigenvalue weighted by molar-refractivity contribution is -0.150. The lowest BCUT2D eigenvalue weighted by atomic mass is 9.65. The number of hydrogen-bond donors (Lipinski definition) is 2. The van der Waals surface area contributed by atoms with E-state index < -0.39 is 11.9 Å². The van der Waals surface area contributed by atoms with Gasteiger partial charge < -0.3 is 19.5 Å². The van der Waals surface area contributed by atoms with Crippen molar-refractivity contribution in [2.45, 2.75) is 37.1 Å². The first-order valence-corrected chi connectivity index (χ1v) is 8.92. The molecule has 0 radical (unpaired) electrons. The number of nitrogens with zero attached hydrogens (tertiary/aromatic N) is 2. The highest BCUT2D eigenvalue weighted by atomic mass is 16.5. The molecule has 3 rings (SSSR count). The Bertz CT molecular complexity index is 779. The minimum Gasteiger partial charge on any atom is -0.493 e. The van der Waals surface area contributed by atoms with Crippen LogP contribution < -0.4 is 14.9 Å². The van der Waals surface area contributed by atoms with Gasteiger partial charge in [0.25, 0.3) is 0 Å². The van der Waals surface area contributed by atoms with E-state index >= 15 is 0 Å². The van der Waals surface area contributed by atoms with E-state index in [0.29, 0.717) is 24.3 Å². The van der Waals surface area contributed by atoms with Gasteiger partial charge in [0.15, 0.2) is 11.5 Å². The molecule has 2 fully saturated rings. The molecule has 0 bridgehead atoms. The van der Waals surface area contributed by atoms with Gasteiger partial charge in [0.1, 0.15) is 0 Å². The fourth-order valence-corrected chi connectivity index (χ4v) is 4.36. The van der Waals surface area contributed by atoms with Crippen LogP contribution in [0.1, 0.15) is 31.2 Å². The Labute approximate surface area is 158 Å². The number of hydrogen-bond acceptors (Lipinski definition) is 6. The molecule has 0 unspecified atom stereocenters. The normalized spacial score (nSPS) is 26.5. The number of aliphatic carboxylic acids is 1. The third-order valence-corrected chi connectivity index (χ3v) is 5.84. The first-order valence-electron chi connectivity index (χ1n) is 8.92. The van der Waals surface area contributed by atoms with Gasteiger partial charge >= 0.3 is 11.9 Å². The van der Waals surface area contributed by atoms with Gasteiger partial charge in [0.2, 0.25) is 0 Å². The van der Waals surface area contributed by atoms with Crippen molar-refractivity contribution in [3.63, 3.8) is 0 Å². The van der Waals surface area contributed by atoms with Crippen molar-refractivity contribution in [3.05, 3.63) is 23.8 Å². The van der Waals surface area contributed by atoms with E-state index in [2.05, 4.69) is 34.6 Å². The largest absolute Gasteiger partial charge is 0.493 e. The number of methoxy groups -OCH3 is 2. The summed E-state index contributed by atoms with van der Waals surface area (Å²) in [6.45, 7) is 0.966. The second kappa shape index (κ2) is 7.56. The second-order valence-corrected chi connectivity index (χ2v) is 7.10. The summed E-state index contributed by atoms with van der Waals surface area (Å²) >= 11 is 0. The molecule has 1 heterocycles. The molecule has 2 N–H and O–H groups in total. The van der Waals surface area contributed by atoms with Crippen molar-refractivity contribution in [2.75, 3.05) is 27.8 Å². The second-order valence-electron chi connectivity index (χ2n) is 7.10. The zero-order chi connectivity index (χ0) is 19.6. The third kappa shape index (κ3) is 3.49. The first-order chi connectivity index (χ1) is 12.9. The van der Waals surface area contributed by atoms with Crippen LogP contribution in [0.5, 0.6) is 11.5 Å². The van der Waals surface area contributed by atoms with Gasteiger partial charge in [-0.3, -0.25) is 4.79 Å². The van der Waals surface area contributed by atoms with E-state index in [0.717, 1.165) is 25.1 Å². The van der Waals surface area contributed by atoms with E-state index in [1.54, 1.807) is 14.2 Å². The Morgan fingerprint density at radius 1 is 1.26 bits per heavy atom. The predicted octanol–water partition coefficient (Wildman–Crippen LogP) is 1.39. The quantitative estimate of drug-likeness (QED) is 0.609. The molecule has 1 saturated carbocycles. The molecule has 2 atom stereocenters. The summed E-state index contributed by atoms with van der Waals surface area (Å²) in [7, 11) is 5.34. The van der Waals surface area contributed by atoms with E-state index in [1.807, 2.05) is 6.07 Å². The molecule has 1 aromatic rings. The highest BCUT2D eigenvalue weighted by molar-refractivity contribution is 6.31. The maximum atomic E-state index is 11.2. The molecular formula is C19H25N3O5. The molecule has 2 aliphatic rings. The van der Waals surface area contributed by atoms with Crippen LogP contribution in [-0.4, -0.2) is 61.4 Å². The SMILES string of the molecule is COc1ccc([C@@]23CCC(=NNC(=O)C(=O)O)C[C@@H]2N(C)CC3)cc1OC. The number of fused-ring (bicyclic) bond motifs is 1. The molecule has 1 saturated heterocycles. The monoisotopic (exact) mass is 375 g/mol. The topological polar surface area (TPSA) is 100 Å². The lowest BCUT2D eigenvalue weighted by Gasteiger charge is -2.42. The first kappa shape index (κ1) is 19.2. The average molecular weight is 375 g/mol. The van der Waals surface area contributed by atoms with E-state index in [-0.39, 0.29) is 11.5 Å². The van der Waals surface area contributed by atoms with Gasteiger partial charge in [-0.25, -0.2) is 10.2 Å². The third-order valence-electron chi connectivity index (χ3n) is 5.84. The zero-order valence-electron chi connectivity index (χ0n) is 15.8. The number of likely N-dealkylation sites (tertiary alicyclic amines) is 1. The fraction of sp³-hybridized carbons (Fsp3) is 0.526. The van der Waals surface area contributed by atoms with Gasteiger partial charge in [-0.15, -0.1) is 0 Å². The van der Waals surface area contributed by atoms with Crippen molar-refractivity contribution in [1.29, 1.82) is 0 Å². The van der Waals surface area contributed by atoms with Crippen LogP contribution in [0.2, 0.25) is 0 Å². The molecule has 1 aliphatic heterocycles. The van der Waals surface area contributed by atoms with Gasteiger partial charge in [0.05, 0.1) is 14.2 Å². The molecular weight excluding hydrogens is 350 g/mol. The van der Waals surface area contributed by atoms with Crippen LogP contribution >= 0.6 is 0 Å². The number of amides is 1. The minimum atomic E-state index is -1.53. The summed E-state index contributed by atoms with van der Waals surface area (Å²) in [5.74, 6) is -1.23. The lowest BCUT2D eigenvalue weighted by Crippen LogP contribution is -2.46. The number of rotatable bonds is 4. The van der Waals surface area contributed by atoms with Crippen LogP contribution in [0.4, 0.5) is 0 Å². The Balaban J connectivity index is 1.87. The summed E-state index contributed by atoms with van der Waals surface area (Å²) in [4.78, 5) is 24.2. The number of carboxylic acid groups (broad SMARTS) is 1. The van der Waals surface area contributed by atoms with Crippen LogP contribution in [0.15, 0.2) is 23.3 Å². The summed E-state index contributed by atoms with van der Waals surface area (Å²) in [6.07, 6.45) is 3.29. The Hall–Kier alpha value is -2.61. The number of ether oxygens (including phenoxy) is 2. The van der Waals surface area contributed by atoms with Crippen molar-refractivity contribution >= 4 is 17.6 Å². The highest BCUT2D eigenvalue weighted by Gasteiger charge is 2.49. The summed E-state index contributed by atoms with van der Waals surface area (Å²) in [5, 5.41) is 12.7. The number of hydrazone groups is 1. The molecule has 1 aromatic carbocycles. The zero-order valence-corrected chi connectivity index (χ0v) is 15.8. The molecule has 8 nitrogen and oxygen atoms in total. The van der Waals surface area contributed by atoms with Crippen molar-refractivity contribution in [2.24, 2.45) is 5.10 Å². The van der Waals surface area contributed by atoms with Crippen LogP contribution in [0.3, 0.4) is 0 Å². The van der Waals surface area contributed by atoms with E-state index in [9.17, 15) is 9.59 Å². The maximum absolute atomic E-state index is 11.2. The maximum Gasteiger partial charge on any atom is 0.396 e. The summed E-state index contributed by atoms with van der Waals surface area (Å²) < 4.78 is 10.8. The number of carboxylic acids is 1. The molecule has 0 spiro atoms. The number of likely N-dealkylation sites (N-methyl/N-ethyl adjacent to an activating group) is 1. The van der Waals surface area contributed by atoms with Gasteiger partial charge in [0, 0.05) is 23.6 Å². The van der Waals surface area contributed by atoms with E-state index in [4.69, 9.17) is 14.6 Å². The van der Waals surface area contributed by atoms with Crippen molar-refractivity contribution in [1.82, 2.24) is 10.3 Å². The van der Waals surface area contributed by atoms with Gasteiger partial charge in [-0.1, -0.05) is 6.07 Å². The van der Waals surface area contributed by atoms with Crippen molar-refractivity contribution in [3.8, 4) is 11.5 Å². The number of nitrogens with one attached hydrogen (secondary N) is 1. The summed E-state index contributed by atoms with van der Waals surface area (Å²) in [6, 6.07) is 6.32. The molecule has 27 heavy (non-hydrogen) atoms.